The van der Waals surface area contributed by atoms with Crippen molar-refractivity contribution in [1.29, 1.82) is 0 Å². The third kappa shape index (κ3) is 2.71. The van der Waals surface area contributed by atoms with E-state index in [4.69, 9.17) is 14.2 Å². The molecular formula is C14H17NO5. The highest BCUT2D eigenvalue weighted by Crippen LogP contribution is 2.31. The second kappa shape index (κ2) is 5.68. The van der Waals surface area contributed by atoms with Gasteiger partial charge in [0, 0.05) is 13.1 Å². The van der Waals surface area contributed by atoms with Gasteiger partial charge in [0.1, 0.15) is 19.3 Å². The van der Waals surface area contributed by atoms with E-state index < -0.39 is 12.0 Å². The maximum absolute atomic E-state index is 11.2. The molecule has 1 aromatic rings. The molecular weight excluding hydrogens is 262 g/mol. The van der Waals surface area contributed by atoms with Crippen molar-refractivity contribution >= 4 is 5.97 Å². The lowest BCUT2D eigenvalue weighted by Crippen LogP contribution is -2.49. The number of rotatable bonds is 3. The molecule has 1 atom stereocenters. The molecule has 0 aliphatic carbocycles. The van der Waals surface area contributed by atoms with Crippen LogP contribution in [0.15, 0.2) is 18.2 Å². The summed E-state index contributed by atoms with van der Waals surface area (Å²) in [6, 6.07) is 5.15. The molecule has 2 aliphatic rings. The van der Waals surface area contributed by atoms with Crippen molar-refractivity contribution in [3.63, 3.8) is 0 Å². The van der Waals surface area contributed by atoms with Gasteiger partial charge in [0.15, 0.2) is 11.5 Å². The minimum atomic E-state index is -0.845. The van der Waals surface area contributed by atoms with Gasteiger partial charge in [-0.3, -0.25) is 9.69 Å². The predicted octanol–water partition coefficient (Wildman–Crippen LogP) is 0.743. The second-order valence-corrected chi connectivity index (χ2v) is 4.88. The zero-order valence-corrected chi connectivity index (χ0v) is 11.1. The fourth-order valence-electron chi connectivity index (χ4n) is 2.48. The number of fused-ring (bicyclic) bond motifs is 1. The van der Waals surface area contributed by atoms with Gasteiger partial charge < -0.3 is 19.3 Å². The van der Waals surface area contributed by atoms with Gasteiger partial charge in [-0.05, 0) is 17.7 Å². The first-order valence-electron chi connectivity index (χ1n) is 6.67. The lowest BCUT2D eigenvalue weighted by Gasteiger charge is -2.33. The molecule has 20 heavy (non-hydrogen) atoms. The minimum Gasteiger partial charge on any atom is -0.486 e. The van der Waals surface area contributed by atoms with E-state index in [9.17, 15) is 9.90 Å². The summed E-state index contributed by atoms with van der Waals surface area (Å²) >= 11 is 0. The van der Waals surface area contributed by atoms with Gasteiger partial charge in [0.05, 0.1) is 13.2 Å². The monoisotopic (exact) mass is 279 g/mol. The molecule has 0 aromatic heterocycles. The number of benzene rings is 1. The summed E-state index contributed by atoms with van der Waals surface area (Å²) in [5, 5.41) is 9.21. The Balaban J connectivity index is 1.74. The second-order valence-electron chi connectivity index (χ2n) is 4.88. The van der Waals surface area contributed by atoms with Crippen LogP contribution in [0.25, 0.3) is 0 Å². The highest BCUT2D eigenvalue weighted by atomic mass is 16.6. The number of carboxylic acid groups (broad SMARTS) is 1. The van der Waals surface area contributed by atoms with E-state index in [0.717, 1.165) is 17.1 Å². The standard InChI is InChI=1S/C14H17NO5/c16-14(17)11-9-18-4-3-15(11)8-10-1-2-12-13(7-10)20-6-5-19-12/h1-2,7,11H,3-6,8-9H2,(H,16,17). The predicted molar refractivity (Wildman–Crippen MR) is 70.1 cm³/mol. The van der Waals surface area contributed by atoms with E-state index in [-0.39, 0.29) is 6.61 Å². The molecule has 108 valence electrons. The summed E-state index contributed by atoms with van der Waals surface area (Å²) in [6.45, 7) is 3.10. The molecule has 3 rings (SSSR count). The Labute approximate surface area is 116 Å². The van der Waals surface area contributed by atoms with E-state index in [1.807, 2.05) is 23.1 Å². The lowest BCUT2D eigenvalue weighted by molar-refractivity contribution is -0.150. The Hall–Kier alpha value is -1.79. The number of aliphatic carboxylic acids is 1. The van der Waals surface area contributed by atoms with Crippen molar-refractivity contribution < 1.29 is 24.1 Å². The number of hydrogen-bond acceptors (Lipinski definition) is 5. The average Bonchev–Trinajstić information content (AvgIpc) is 2.47. The van der Waals surface area contributed by atoms with Crippen LogP contribution in [0.2, 0.25) is 0 Å². The van der Waals surface area contributed by atoms with E-state index >= 15 is 0 Å². The van der Waals surface area contributed by atoms with Crippen molar-refractivity contribution in [2.24, 2.45) is 0 Å². The number of nitrogens with zero attached hydrogens (tertiary/aromatic N) is 1. The lowest BCUT2D eigenvalue weighted by atomic mass is 10.1. The van der Waals surface area contributed by atoms with E-state index in [0.29, 0.717) is 32.9 Å². The third-order valence-corrected chi connectivity index (χ3v) is 3.52. The van der Waals surface area contributed by atoms with Crippen LogP contribution in [-0.4, -0.2) is 55.0 Å². The van der Waals surface area contributed by atoms with Gasteiger partial charge in [-0.1, -0.05) is 6.07 Å². The molecule has 1 saturated heterocycles. The Morgan fingerprint density at radius 1 is 1.25 bits per heavy atom. The van der Waals surface area contributed by atoms with Crippen molar-refractivity contribution in [3.8, 4) is 11.5 Å². The fraction of sp³-hybridized carbons (Fsp3) is 0.500. The molecule has 1 aromatic carbocycles. The zero-order valence-electron chi connectivity index (χ0n) is 11.1. The largest absolute Gasteiger partial charge is 0.486 e. The molecule has 0 spiro atoms. The van der Waals surface area contributed by atoms with E-state index in [1.165, 1.54) is 0 Å². The molecule has 2 heterocycles. The molecule has 1 unspecified atom stereocenters. The summed E-state index contributed by atoms with van der Waals surface area (Å²) in [4.78, 5) is 13.1. The third-order valence-electron chi connectivity index (χ3n) is 3.52. The Bertz CT molecular complexity index is 504. The van der Waals surface area contributed by atoms with Crippen LogP contribution in [0.4, 0.5) is 0 Å². The average molecular weight is 279 g/mol. The van der Waals surface area contributed by atoms with Gasteiger partial charge in [0.25, 0.3) is 0 Å². The fourth-order valence-corrected chi connectivity index (χ4v) is 2.48. The maximum Gasteiger partial charge on any atom is 0.323 e. The summed E-state index contributed by atoms with van der Waals surface area (Å²) < 4.78 is 16.3. The number of carbonyl (C=O) groups is 1. The maximum atomic E-state index is 11.2. The molecule has 6 heteroatoms. The van der Waals surface area contributed by atoms with E-state index in [1.54, 1.807) is 0 Å². The SMILES string of the molecule is O=C(O)C1COCCN1Cc1ccc2c(c1)OCCO2. The Kier molecular flexibility index (Phi) is 3.75. The van der Waals surface area contributed by atoms with Gasteiger partial charge in [0.2, 0.25) is 0 Å². The van der Waals surface area contributed by atoms with E-state index in [2.05, 4.69) is 0 Å². The summed E-state index contributed by atoms with van der Waals surface area (Å²) in [6.07, 6.45) is 0. The summed E-state index contributed by atoms with van der Waals surface area (Å²) in [5.41, 5.74) is 1.02. The summed E-state index contributed by atoms with van der Waals surface area (Å²) in [7, 11) is 0. The molecule has 1 N–H and O–H groups in total. The first-order chi connectivity index (χ1) is 9.74. The topological polar surface area (TPSA) is 68.2 Å². The number of hydrogen-bond donors (Lipinski definition) is 1. The smallest absolute Gasteiger partial charge is 0.323 e. The van der Waals surface area contributed by atoms with Crippen LogP contribution >= 0.6 is 0 Å². The number of ether oxygens (including phenoxy) is 3. The number of morpholine rings is 1. The van der Waals surface area contributed by atoms with Crippen LogP contribution in [-0.2, 0) is 16.1 Å². The first-order valence-corrected chi connectivity index (χ1v) is 6.67. The van der Waals surface area contributed by atoms with Gasteiger partial charge in [-0.15, -0.1) is 0 Å². The first kappa shape index (κ1) is 13.2. The van der Waals surface area contributed by atoms with Crippen molar-refractivity contribution in [2.75, 3.05) is 33.0 Å². The quantitative estimate of drug-likeness (QED) is 0.880. The van der Waals surface area contributed by atoms with Crippen LogP contribution in [0, 0.1) is 0 Å². The zero-order chi connectivity index (χ0) is 13.9. The van der Waals surface area contributed by atoms with Crippen LogP contribution in [0.5, 0.6) is 11.5 Å². The normalized spacial score (nSPS) is 22.5. The van der Waals surface area contributed by atoms with Gasteiger partial charge in [-0.2, -0.15) is 0 Å². The van der Waals surface area contributed by atoms with Gasteiger partial charge in [-0.25, -0.2) is 0 Å². The van der Waals surface area contributed by atoms with Crippen molar-refractivity contribution in [1.82, 2.24) is 4.90 Å². The molecule has 0 amide bonds. The highest BCUT2D eigenvalue weighted by molar-refractivity contribution is 5.73. The van der Waals surface area contributed by atoms with Gasteiger partial charge >= 0.3 is 5.97 Å². The molecule has 0 radical (unpaired) electrons. The van der Waals surface area contributed by atoms with Crippen molar-refractivity contribution in [2.45, 2.75) is 12.6 Å². The Morgan fingerprint density at radius 2 is 2.05 bits per heavy atom. The number of carboxylic acids is 1. The van der Waals surface area contributed by atoms with Crippen LogP contribution in [0.3, 0.4) is 0 Å². The molecule has 6 nitrogen and oxygen atoms in total. The highest BCUT2D eigenvalue weighted by Gasteiger charge is 2.29. The van der Waals surface area contributed by atoms with Crippen LogP contribution < -0.4 is 9.47 Å². The Morgan fingerprint density at radius 3 is 2.85 bits per heavy atom. The molecule has 0 saturated carbocycles. The van der Waals surface area contributed by atoms with Crippen molar-refractivity contribution in [3.05, 3.63) is 23.8 Å². The molecule has 2 aliphatic heterocycles. The summed E-state index contributed by atoms with van der Waals surface area (Å²) in [5.74, 6) is 0.632. The molecule has 0 bridgehead atoms. The minimum absolute atomic E-state index is 0.236. The molecule has 1 fully saturated rings. The van der Waals surface area contributed by atoms with Crippen LogP contribution in [0.1, 0.15) is 5.56 Å².